The molecule has 0 bridgehead atoms. The minimum atomic E-state index is -0.589. The Balaban J connectivity index is 4.42. The highest BCUT2D eigenvalue weighted by Gasteiger charge is 2.17. The fraction of sp³-hybridized carbons (Fsp3) is 0.636. The normalized spacial score (nSPS) is 13.2. The number of carbonyl (C=O) groups excluding carboxylic acids is 2. The number of hydrogen-bond donors (Lipinski definition) is 0. The molecule has 0 saturated carbocycles. The van der Waals surface area contributed by atoms with Gasteiger partial charge in [-0.05, 0) is 89.9 Å². The fourth-order valence-corrected chi connectivity index (χ4v) is 6.27. The Morgan fingerprint density at radius 2 is 0.750 bits per heavy atom. The van der Waals surface area contributed by atoms with E-state index in [1.54, 1.807) is 0 Å². The zero-order chi connectivity index (χ0) is 43.5. The van der Waals surface area contributed by atoms with Crippen LogP contribution in [0.1, 0.15) is 201 Å². The molecule has 0 aromatic rings. The topological polar surface area (TPSA) is 61.8 Å². The molecule has 0 fully saturated rings. The van der Waals surface area contributed by atoms with E-state index in [0.29, 0.717) is 19.4 Å². The summed E-state index contributed by atoms with van der Waals surface area (Å²) in [5.74, 6) is -0.471. The van der Waals surface area contributed by atoms with Crippen LogP contribution >= 0.6 is 0 Å². The Morgan fingerprint density at radius 3 is 1.20 bits per heavy atom. The molecule has 1 atom stereocenters. The molecular weight excluding hydrogens is 741 g/mol. The van der Waals surface area contributed by atoms with Crippen molar-refractivity contribution in [2.75, 3.05) is 19.8 Å². The van der Waals surface area contributed by atoms with Gasteiger partial charge in [-0.1, -0.05) is 207 Å². The Hall–Kier alpha value is -3.44. The lowest BCUT2D eigenvalue weighted by atomic mass is 10.1. The van der Waals surface area contributed by atoms with E-state index >= 15 is 0 Å². The predicted octanol–water partition coefficient (Wildman–Crippen LogP) is 16.4. The van der Waals surface area contributed by atoms with Gasteiger partial charge in [0.15, 0.2) is 6.10 Å². The highest BCUT2D eigenvalue weighted by Crippen LogP contribution is 2.13. The SMILES string of the molecule is CC/C=C\C/C=C\C/C=C\C/C=C\C/C=C\CCOCC(COC(=O)CCCCCC/C=C\C/C=C\C/C=C\C/C=C\CC)OC(=O)CCCCCCCCCCCCC. The molecule has 0 aromatic carbocycles. The minimum absolute atomic E-state index is 0.0380. The third-order valence-electron chi connectivity index (χ3n) is 9.82. The van der Waals surface area contributed by atoms with Crippen LogP contribution in [0.2, 0.25) is 0 Å². The largest absolute Gasteiger partial charge is 0.462 e. The molecule has 0 aliphatic heterocycles. The Morgan fingerprint density at radius 1 is 0.383 bits per heavy atom. The summed E-state index contributed by atoms with van der Waals surface area (Å²) in [6, 6.07) is 0. The molecule has 0 radical (unpaired) electrons. The zero-order valence-corrected chi connectivity index (χ0v) is 38.9. The van der Waals surface area contributed by atoms with Crippen LogP contribution in [0.3, 0.4) is 0 Å². The molecule has 5 nitrogen and oxygen atoms in total. The molecule has 340 valence electrons. The first kappa shape index (κ1) is 56.6. The molecule has 0 saturated heterocycles. The maximum absolute atomic E-state index is 12.7. The lowest BCUT2D eigenvalue weighted by Gasteiger charge is -2.18. The Kier molecular flexibility index (Phi) is 47.1. The molecule has 0 amide bonds. The lowest BCUT2D eigenvalue weighted by Crippen LogP contribution is -2.30. The monoisotopic (exact) mass is 831 g/mol. The van der Waals surface area contributed by atoms with Crippen molar-refractivity contribution in [1.29, 1.82) is 0 Å². The second-order valence-corrected chi connectivity index (χ2v) is 15.6. The first-order valence-corrected chi connectivity index (χ1v) is 24.4. The third-order valence-corrected chi connectivity index (χ3v) is 9.82. The molecule has 60 heavy (non-hydrogen) atoms. The van der Waals surface area contributed by atoms with Crippen molar-refractivity contribution in [3.63, 3.8) is 0 Å². The summed E-state index contributed by atoms with van der Waals surface area (Å²) in [6.07, 6.45) is 68.2. The van der Waals surface area contributed by atoms with Crippen molar-refractivity contribution in [3.8, 4) is 0 Å². The maximum atomic E-state index is 12.7. The van der Waals surface area contributed by atoms with Gasteiger partial charge in [-0.15, -0.1) is 0 Å². The minimum Gasteiger partial charge on any atom is -0.462 e. The number of ether oxygens (including phenoxy) is 3. The van der Waals surface area contributed by atoms with E-state index in [-0.39, 0.29) is 25.2 Å². The van der Waals surface area contributed by atoms with Gasteiger partial charge in [0.25, 0.3) is 0 Å². The number of carbonyl (C=O) groups is 2. The van der Waals surface area contributed by atoms with E-state index < -0.39 is 6.10 Å². The summed E-state index contributed by atoms with van der Waals surface area (Å²) < 4.78 is 17.2. The maximum Gasteiger partial charge on any atom is 0.306 e. The quantitative estimate of drug-likeness (QED) is 0.0348. The van der Waals surface area contributed by atoms with Gasteiger partial charge >= 0.3 is 11.9 Å². The number of allylic oxidation sites excluding steroid dienone is 17. The van der Waals surface area contributed by atoms with E-state index in [0.717, 1.165) is 116 Å². The fourth-order valence-electron chi connectivity index (χ4n) is 6.27. The second kappa shape index (κ2) is 49.9. The van der Waals surface area contributed by atoms with Crippen molar-refractivity contribution >= 4 is 11.9 Å². The van der Waals surface area contributed by atoms with Gasteiger partial charge in [0, 0.05) is 12.8 Å². The van der Waals surface area contributed by atoms with E-state index in [1.807, 2.05) is 0 Å². The van der Waals surface area contributed by atoms with Crippen molar-refractivity contribution in [2.45, 2.75) is 207 Å². The van der Waals surface area contributed by atoms with Crippen LogP contribution in [-0.2, 0) is 23.8 Å². The van der Waals surface area contributed by atoms with Gasteiger partial charge in [0.1, 0.15) is 6.61 Å². The molecule has 0 aromatic heterocycles. The number of esters is 2. The first-order chi connectivity index (χ1) is 29.6. The second-order valence-electron chi connectivity index (χ2n) is 15.6. The van der Waals surface area contributed by atoms with Crippen LogP contribution in [0.4, 0.5) is 0 Å². The van der Waals surface area contributed by atoms with E-state index in [2.05, 4.69) is 130 Å². The van der Waals surface area contributed by atoms with Crippen LogP contribution in [0.15, 0.2) is 109 Å². The van der Waals surface area contributed by atoms with Crippen LogP contribution in [0.25, 0.3) is 0 Å². The summed E-state index contributed by atoms with van der Waals surface area (Å²) in [4.78, 5) is 25.3. The third kappa shape index (κ3) is 47.2. The summed E-state index contributed by atoms with van der Waals surface area (Å²) in [7, 11) is 0. The number of rotatable bonds is 43. The van der Waals surface area contributed by atoms with Crippen LogP contribution < -0.4 is 0 Å². The van der Waals surface area contributed by atoms with Gasteiger partial charge < -0.3 is 14.2 Å². The summed E-state index contributed by atoms with van der Waals surface area (Å²) >= 11 is 0. The van der Waals surface area contributed by atoms with E-state index in [9.17, 15) is 9.59 Å². The van der Waals surface area contributed by atoms with Gasteiger partial charge in [-0.25, -0.2) is 0 Å². The first-order valence-electron chi connectivity index (χ1n) is 24.4. The highest BCUT2D eigenvalue weighted by atomic mass is 16.6. The van der Waals surface area contributed by atoms with Crippen LogP contribution in [0.5, 0.6) is 0 Å². The molecule has 0 heterocycles. The molecule has 1 unspecified atom stereocenters. The lowest BCUT2D eigenvalue weighted by molar-refractivity contribution is -0.162. The van der Waals surface area contributed by atoms with Gasteiger partial charge in [-0.3, -0.25) is 9.59 Å². The molecular formula is C55H90O5. The van der Waals surface area contributed by atoms with Gasteiger partial charge in [0.2, 0.25) is 0 Å². The molecule has 0 aliphatic rings. The molecule has 0 aliphatic carbocycles. The summed E-state index contributed by atoms with van der Waals surface area (Å²) in [5, 5.41) is 0. The predicted molar refractivity (Wildman–Crippen MR) is 260 cm³/mol. The van der Waals surface area contributed by atoms with Crippen LogP contribution in [0, 0.1) is 0 Å². The summed E-state index contributed by atoms with van der Waals surface area (Å²) in [6.45, 7) is 7.35. The molecule has 0 N–H and O–H groups in total. The average molecular weight is 831 g/mol. The molecule has 5 heteroatoms. The molecule has 0 spiro atoms. The molecule has 0 rings (SSSR count). The Labute approximate surface area is 370 Å². The van der Waals surface area contributed by atoms with Crippen molar-refractivity contribution in [3.05, 3.63) is 109 Å². The Bertz CT molecular complexity index is 1210. The van der Waals surface area contributed by atoms with Gasteiger partial charge in [0.05, 0.1) is 13.2 Å². The smallest absolute Gasteiger partial charge is 0.306 e. The number of hydrogen-bond acceptors (Lipinski definition) is 5. The van der Waals surface area contributed by atoms with E-state index in [1.165, 1.54) is 51.4 Å². The number of unbranched alkanes of at least 4 members (excludes halogenated alkanes) is 14. The van der Waals surface area contributed by atoms with Crippen molar-refractivity contribution < 1.29 is 23.8 Å². The standard InChI is InChI=1S/C55H90O5/c1-4-7-10-13-16-19-22-24-26-28-29-31-34-36-39-42-45-48-54(56)59-52-53(60-55(57)49-46-43-40-37-33-21-18-15-12-9-6-3)51-58-50-47-44-41-38-35-32-30-27-25-23-20-17-14-11-8-5-2/h7-8,10-11,16-17,19-20,24-27,29,31-32,35,41,44,53H,4-6,9,12-15,18,21-23,28,30,33-34,36-40,42-43,45-52H2,1-3H3/b10-7-,11-8-,19-16-,20-17-,26-24-,27-25-,31-29-,35-32-,44-41-. The van der Waals surface area contributed by atoms with Crippen molar-refractivity contribution in [2.24, 2.45) is 0 Å². The average Bonchev–Trinajstić information content (AvgIpc) is 3.25. The van der Waals surface area contributed by atoms with Crippen molar-refractivity contribution in [1.82, 2.24) is 0 Å². The van der Waals surface area contributed by atoms with Gasteiger partial charge in [-0.2, -0.15) is 0 Å². The summed E-state index contributed by atoms with van der Waals surface area (Å²) in [5.41, 5.74) is 0. The van der Waals surface area contributed by atoms with Crippen LogP contribution in [-0.4, -0.2) is 37.9 Å². The zero-order valence-electron chi connectivity index (χ0n) is 38.9. The van der Waals surface area contributed by atoms with E-state index in [4.69, 9.17) is 14.2 Å². The highest BCUT2D eigenvalue weighted by molar-refractivity contribution is 5.70.